The van der Waals surface area contributed by atoms with E-state index in [9.17, 15) is 9.90 Å². The molecular weight excluding hydrogens is 987 g/mol. The van der Waals surface area contributed by atoms with Crippen molar-refractivity contribution in [1.29, 1.82) is 0 Å². The molecule has 1 N–H and O–H groups in total. The maximum atomic E-state index is 15.8. The van der Waals surface area contributed by atoms with Crippen LogP contribution in [0, 0.1) is 13.8 Å². The van der Waals surface area contributed by atoms with Crippen LogP contribution in [0.25, 0.3) is 32.5 Å². The number of hydrogen-bond acceptors (Lipinski definition) is 15. The first kappa shape index (κ1) is 50.5. The summed E-state index contributed by atoms with van der Waals surface area (Å²) in [5.74, 6) is 0.662. The van der Waals surface area contributed by atoms with Crippen molar-refractivity contribution in [1.82, 2.24) is 29.7 Å². The Morgan fingerprint density at radius 2 is 1.81 bits per heavy atom. The highest BCUT2D eigenvalue weighted by atomic mass is 35.5. The third kappa shape index (κ3) is 11.2. The van der Waals surface area contributed by atoms with E-state index < -0.39 is 23.8 Å². The van der Waals surface area contributed by atoms with E-state index in [0.29, 0.717) is 87.4 Å². The molecular formula is C53H59Cl2FN6O9S. The monoisotopic (exact) mass is 1040 g/mol. The van der Waals surface area contributed by atoms with Crippen molar-refractivity contribution in [2.24, 2.45) is 0 Å². The van der Waals surface area contributed by atoms with Crippen LogP contribution in [0.4, 0.5) is 4.39 Å². The number of halogens is 3. The summed E-state index contributed by atoms with van der Waals surface area (Å²) in [5, 5.41) is 12.3. The van der Waals surface area contributed by atoms with E-state index >= 15 is 4.39 Å². The van der Waals surface area contributed by atoms with Crippen LogP contribution in [0.3, 0.4) is 0 Å². The molecule has 4 bridgehead atoms. The minimum atomic E-state index is -1.51. The lowest BCUT2D eigenvalue weighted by atomic mass is 9.87. The van der Waals surface area contributed by atoms with Crippen LogP contribution in [-0.4, -0.2) is 144 Å². The molecule has 1 unspecified atom stereocenters. The summed E-state index contributed by atoms with van der Waals surface area (Å²) in [4.78, 5) is 38.3. The predicted molar refractivity (Wildman–Crippen MR) is 274 cm³/mol. The van der Waals surface area contributed by atoms with E-state index in [0.717, 1.165) is 78.1 Å². The van der Waals surface area contributed by atoms with Gasteiger partial charge in [0.2, 0.25) is 12.0 Å². The molecule has 72 heavy (non-hydrogen) atoms. The number of thiophene rings is 1. The van der Waals surface area contributed by atoms with Gasteiger partial charge in [0, 0.05) is 67.8 Å². The van der Waals surface area contributed by atoms with Crippen molar-refractivity contribution in [3.63, 3.8) is 0 Å². The van der Waals surface area contributed by atoms with Gasteiger partial charge in [0.15, 0.2) is 11.6 Å². The minimum absolute atomic E-state index is 0.0320. The Hall–Kier alpha value is -4.98. The molecule has 0 saturated carbocycles. The van der Waals surface area contributed by atoms with Crippen LogP contribution in [-0.2, 0) is 32.0 Å². The summed E-state index contributed by atoms with van der Waals surface area (Å²) in [6, 6.07) is 7.08. The normalized spacial score (nSPS) is 23.2. The van der Waals surface area contributed by atoms with Crippen molar-refractivity contribution < 1.29 is 47.4 Å². The first-order valence-electron chi connectivity index (χ1n) is 24.7. The summed E-state index contributed by atoms with van der Waals surface area (Å²) in [5.41, 5.74) is 4.69. The van der Waals surface area contributed by atoms with E-state index in [-0.39, 0.29) is 57.7 Å². The molecule has 4 aliphatic heterocycles. The molecule has 3 aromatic heterocycles. The van der Waals surface area contributed by atoms with Gasteiger partial charge < -0.3 is 43.2 Å². The highest BCUT2D eigenvalue weighted by Crippen LogP contribution is 2.53. The summed E-state index contributed by atoms with van der Waals surface area (Å²) >= 11 is 16.3. The maximum absolute atomic E-state index is 15.8. The highest BCUT2D eigenvalue weighted by Gasteiger charge is 2.35. The van der Waals surface area contributed by atoms with Crippen LogP contribution < -0.4 is 18.9 Å². The molecule has 0 spiro atoms. The SMILES string of the molecule is Cc1c(Cl)c2c(Cl)c(C)c1-c1c(C3=CCCC3)sc3ncnc(c13)O[C@@H](C(=O)O)Cc1cc(ccc1OCc1ccnc(C3=CC[C@@](F)(COC[C@@H]4COCCO4)CC3)n1)OCC(CN1CCN(C)CC1)O2. The number of hydrogen-bond donors (Lipinski definition) is 1. The number of aliphatic carboxylic acids is 1. The third-order valence-electron chi connectivity index (χ3n) is 14.1. The van der Waals surface area contributed by atoms with Crippen LogP contribution in [0.2, 0.25) is 10.0 Å². The Bertz CT molecular complexity index is 2840. The van der Waals surface area contributed by atoms with Gasteiger partial charge in [0.05, 0.1) is 54.2 Å². The molecule has 0 radical (unpaired) electrons. The van der Waals surface area contributed by atoms with Crippen molar-refractivity contribution in [3.8, 4) is 34.3 Å². The van der Waals surface area contributed by atoms with E-state index in [2.05, 4.69) is 32.9 Å². The number of likely N-dealkylation sites (N-methyl/N-ethyl adjacent to an activating group) is 1. The van der Waals surface area contributed by atoms with Gasteiger partial charge in [-0.15, -0.1) is 11.3 Å². The maximum Gasteiger partial charge on any atom is 0.345 e. The van der Waals surface area contributed by atoms with Gasteiger partial charge in [-0.05, 0) is 105 Å². The van der Waals surface area contributed by atoms with Gasteiger partial charge in [0.1, 0.15) is 53.7 Å². The molecule has 7 heterocycles. The Balaban J connectivity index is 0.967. The number of carboxylic acid groups (broad SMARTS) is 1. The molecule has 4 atom stereocenters. The number of ether oxygens (including phenoxy) is 7. The molecule has 6 aliphatic rings. The Kier molecular flexibility index (Phi) is 15.6. The standard InChI is InChI=1S/C53H59Cl2FN6O9S/c1-31-42-32(2)46(55)47(45(31)54)70-38(24-62-18-16-61(3)17-19-62)28-68-37-8-9-40(35(22-37)23-41(52(63)64)71-50-44-43(42)48(33-6-4-5-7-33)72-51(44)59-30-58-50)69-25-36-12-15-57-49(60-36)34-10-13-53(56,14-11-34)29-66-27-39-26-65-20-21-67-39/h6,8-10,12,15,22,30,38-39,41H,4-5,7,11,13-14,16-21,23-29H2,1-3H3,(H,63,64)/t38?,39-,41+,53-/m0/s1. The lowest BCUT2D eigenvalue weighted by Gasteiger charge is -2.35. The zero-order valence-corrected chi connectivity index (χ0v) is 43.1. The first-order chi connectivity index (χ1) is 34.9. The zero-order valence-electron chi connectivity index (χ0n) is 40.7. The fourth-order valence-electron chi connectivity index (χ4n) is 10.0. The topological polar surface area (TPSA) is 160 Å². The van der Waals surface area contributed by atoms with Crippen molar-refractivity contribution in [2.75, 3.05) is 79.4 Å². The summed E-state index contributed by atoms with van der Waals surface area (Å²) < 4.78 is 59.1. The molecule has 2 aromatic carbocycles. The number of rotatable bonds is 12. The Morgan fingerprint density at radius 1 is 0.972 bits per heavy atom. The van der Waals surface area contributed by atoms with E-state index in [1.165, 1.54) is 23.2 Å². The summed E-state index contributed by atoms with van der Waals surface area (Å²) in [6.07, 6.45) is 8.60. The van der Waals surface area contributed by atoms with Gasteiger partial charge in [-0.3, -0.25) is 4.90 Å². The van der Waals surface area contributed by atoms with E-state index in [4.69, 9.17) is 66.3 Å². The first-order valence-corrected chi connectivity index (χ1v) is 26.2. The number of fused-ring (bicyclic) bond motifs is 7. The Labute approximate surface area is 432 Å². The van der Waals surface area contributed by atoms with Gasteiger partial charge in [-0.25, -0.2) is 29.1 Å². The number of nitrogens with zero attached hydrogens (tertiary/aromatic N) is 6. The zero-order chi connectivity index (χ0) is 49.9. The number of carboxylic acids is 1. The summed E-state index contributed by atoms with van der Waals surface area (Å²) in [7, 11) is 2.12. The number of alkyl halides is 1. The smallest absolute Gasteiger partial charge is 0.345 e. The summed E-state index contributed by atoms with van der Waals surface area (Å²) in [6.45, 7) is 9.89. The molecule has 2 saturated heterocycles. The van der Waals surface area contributed by atoms with Gasteiger partial charge >= 0.3 is 5.97 Å². The van der Waals surface area contributed by atoms with E-state index in [1.54, 1.807) is 30.5 Å². The fourth-order valence-corrected chi connectivity index (χ4v) is 11.7. The van der Waals surface area contributed by atoms with Crippen LogP contribution in [0.15, 0.2) is 48.9 Å². The van der Waals surface area contributed by atoms with Crippen molar-refractivity contribution in [2.45, 2.75) is 89.4 Å². The van der Waals surface area contributed by atoms with Crippen LogP contribution in [0.5, 0.6) is 23.1 Å². The molecule has 19 heteroatoms. The van der Waals surface area contributed by atoms with Crippen molar-refractivity contribution >= 4 is 61.9 Å². The second kappa shape index (κ2) is 22.2. The predicted octanol–water partition coefficient (Wildman–Crippen LogP) is 9.39. The van der Waals surface area contributed by atoms with Gasteiger partial charge in [0.25, 0.3) is 0 Å². The molecule has 2 fully saturated rings. The number of aromatic nitrogens is 4. The molecule has 11 rings (SSSR count). The highest BCUT2D eigenvalue weighted by molar-refractivity contribution is 7.20. The Morgan fingerprint density at radius 3 is 2.54 bits per heavy atom. The second-order valence-electron chi connectivity index (χ2n) is 19.3. The third-order valence-corrected chi connectivity index (χ3v) is 16.2. The molecule has 5 aromatic rings. The molecule has 382 valence electrons. The largest absolute Gasteiger partial charge is 0.490 e. The van der Waals surface area contributed by atoms with E-state index in [1.807, 2.05) is 19.9 Å². The average Bonchev–Trinajstić information content (AvgIpc) is 4.06. The number of allylic oxidation sites excluding steroid dienone is 4. The molecule has 15 nitrogen and oxygen atoms in total. The lowest BCUT2D eigenvalue weighted by Crippen LogP contribution is -2.49. The van der Waals surface area contributed by atoms with Crippen LogP contribution >= 0.6 is 34.5 Å². The molecule has 2 aliphatic carbocycles. The number of piperazine rings is 1. The minimum Gasteiger partial charge on any atom is -0.490 e. The number of carbonyl (C=O) groups is 1. The fraction of sp³-hybridized carbons (Fsp3) is 0.491. The number of benzene rings is 2. The van der Waals surface area contributed by atoms with Gasteiger partial charge in [-0.1, -0.05) is 35.4 Å². The average molecular weight is 1050 g/mol. The quantitative estimate of drug-likeness (QED) is 0.126. The van der Waals surface area contributed by atoms with Crippen molar-refractivity contribution in [3.05, 3.63) is 92.1 Å². The second-order valence-corrected chi connectivity index (χ2v) is 21.0. The van der Waals surface area contributed by atoms with Gasteiger partial charge in [-0.2, -0.15) is 0 Å². The van der Waals surface area contributed by atoms with Crippen LogP contribution in [0.1, 0.15) is 71.6 Å². The molecule has 0 amide bonds. The lowest BCUT2D eigenvalue weighted by molar-refractivity contribution is -0.145.